The smallest absolute Gasteiger partial charge is 0.258 e. The van der Waals surface area contributed by atoms with Gasteiger partial charge in [0.1, 0.15) is 5.52 Å². The van der Waals surface area contributed by atoms with Gasteiger partial charge in [0.2, 0.25) is 0 Å². The molecule has 0 bridgehead atoms. The van der Waals surface area contributed by atoms with Gasteiger partial charge in [0.15, 0.2) is 5.58 Å². The zero-order valence-electron chi connectivity index (χ0n) is 5.34. The minimum absolute atomic E-state index is 0.696. The van der Waals surface area contributed by atoms with E-state index in [-0.39, 0.29) is 0 Å². The molecule has 0 aliphatic heterocycles. The molecule has 4 heteroatoms. The summed E-state index contributed by atoms with van der Waals surface area (Å²) in [5.74, 6) is 0. The van der Waals surface area contributed by atoms with Crippen LogP contribution in [0.25, 0.3) is 11.1 Å². The van der Waals surface area contributed by atoms with Crippen LogP contribution in [0.5, 0.6) is 0 Å². The number of halogens is 2. The molecule has 0 N–H and O–H groups in total. The fraction of sp³-hybridized carbons (Fsp3) is 0. The molecule has 1 heterocycles. The lowest BCUT2D eigenvalue weighted by Gasteiger charge is -1.86. The van der Waals surface area contributed by atoms with Crippen molar-refractivity contribution in [1.82, 2.24) is 4.98 Å². The van der Waals surface area contributed by atoms with Gasteiger partial charge >= 0.3 is 0 Å². The number of benzene rings is 1. The first-order valence-electron chi connectivity index (χ1n) is 2.98. The highest BCUT2D eigenvalue weighted by Gasteiger charge is 2.04. The van der Waals surface area contributed by atoms with Crippen LogP contribution in [0.2, 0.25) is 0 Å². The second kappa shape index (κ2) is 2.89. The Labute approximate surface area is 90.7 Å². The lowest BCUT2D eigenvalue weighted by molar-refractivity contribution is 0.566. The highest BCUT2D eigenvalue weighted by molar-refractivity contribution is 14.1. The molecule has 0 atom stereocenters. The normalized spacial score (nSPS) is 10.7. The molecular formula is C7H3I2NO. The monoisotopic (exact) mass is 371 g/mol. The van der Waals surface area contributed by atoms with E-state index in [0.717, 1.165) is 14.7 Å². The van der Waals surface area contributed by atoms with Crippen LogP contribution in [0.4, 0.5) is 0 Å². The number of aromatic nitrogens is 1. The Morgan fingerprint density at radius 1 is 1.27 bits per heavy atom. The molecule has 0 radical (unpaired) electrons. The molecule has 2 nitrogen and oxygen atoms in total. The van der Waals surface area contributed by atoms with Crippen LogP contribution in [-0.4, -0.2) is 4.98 Å². The minimum atomic E-state index is 0.696. The Bertz CT molecular complexity index is 396. The summed E-state index contributed by atoms with van der Waals surface area (Å²) in [4.78, 5) is 4.23. The van der Waals surface area contributed by atoms with Crippen LogP contribution >= 0.6 is 45.2 Å². The Balaban J connectivity index is 2.90. The average molecular weight is 371 g/mol. The van der Waals surface area contributed by atoms with Crippen LogP contribution < -0.4 is 0 Å². The van der Waals surface area contributed by atoms with E-state index in [1.54, 1.807) is 0 Å². The lowest BCUT2D eigenvalue weighted by atomic mass is 10.3. The standard InChI is InChI=1S/C7H3I2NO/c8-4-2-1-3-5-6(4)10-7(9)11-5/h1-3H. The van der Waals surface area contributed by atoms with E-state index in [1.807, 2.05) is 18.2 Å². The van der Waals surface area contributed by atoms with E-state index in [0.29, 0.717) is 3.90 Å². The van der Waals surface area contributed by atoms with Gasteiger partial charge in [-0.2, -0.15) is 0 Å². The van der Waals surface area contributed by atoms with Gasteiger partial charge in [-0.25, -0.2) is 4.98 Å². The second-order valence-electron chi connectivity index (χ2n) is 2.05. The topological polar surface area (TPSA) is 26.0 Å². The number of oxazole rings is 1. The third-order valence-electron chi connectivity index (χ3n) is 1.34. The third-order valence-corrected chi connectivity index (χ3v) is 2.68. The first kappa shape index (κ1) is 7.78. The zero-order chi connectivity index (χ0) is 7.84. The highest BCUT2D eigenvalue weighted by Crippen LogP contribution is 2.21. The zero-order valence-corrected chi connectivity index (χ0v) is 9.66. The van der Waals surface area contributed by atoms with Gasteiger partial charge in [-0.05, 0) is 34.7 Å². The third kappa shape index (κ3) is 1.37. The van der Waals surface area contributed by atoms with Crippen molar-refractivity contribution >= 4 is 56.3 Å². The van der Waals surface area contributed by atoms with Crippen molar-refractivity contribution in [3.63, 3.8) is 0 Å². The van der Waals surface area contributed by atoms with Gasteiger partial charge in [-0.3, -0.25) is 0 Å². The molecule has 0 saturated carbocycles. The van der Waals surface area contributed by atoms with E-state index in [4.69, 9.17) is 4.42 Å². The predicted octanol–water partition coefficient (Wildman–Crippen LogP) is 3.04. The van der Waals surface area contributed by atoms with E-state index >= 15 is 0 Å². The molecule has 56 valence electrons. The first-order chi connectivity index (χ1) is 5.27. The van der Waals surface area contributed by atoms with Crippen molar-refractivity contribution in [2.24, 2.45) is 0 Å². The molecule has 0 spiro atoms. The fourth-order valence-electron chi connectivity index (χ4n) is 0.888. The number of nitrogens with zero attached hydrogens (tertiary/aromatic N) is 1. The van der Waals surface area contributed by atoms with Gasteiger partial charge in [-0.1, -0.05) is 6.07 Å². The number of fused-ring (bicyclic) bond motifs is 1. The van der Waals surface area contributed by atoms with Crippen LogP contribution in [0.1, 0.15) is 0 Å². The quantitative estimate of drug-likeness (QED) is 0.666. The summed E-state index contributed by atoms with van der Waals surface area (Å²) >= 11 is 4.31. The summed E-state index contributed by atoms with van der Waals surface area (Å²) in [7, 11) is 0. The van der Waals surface area contributed by atoms with Gasteiger partial charge in [0.25, 0.3) is 3.90 Å². The molecule has 0 fully saturated rings. The summed E-state index contributed by atoms with van der Waals surface area (Å²) in [6, 6.07) is 5.90. The van der Waals surface area contributed by atoms with E-state index in [1.165, 1.54) is 0 Å². The van der Waals surface area contributed by atoms with Crippen molar-refractivity contribution in [3.05, 3.63) is 25.7 Å². The van der Waals surface area contributed by atoms with E-state index in [2.05, 4.69) is 50.2 Å². The summed E-state index contributed by atoms with van der Waals surface area (Å²) in [6.07, 6.45) is 0. The van der Waals surface area contributed by atoms with Gasteiger partial charge in [0.05, 0.1) is 0 Å². The molecule has 1 aromatic heterocycles. The maximum Gasteiger partial charge on any atom is 0.258 e. The molecule has 1 aromatic carbocycles. The van der Waals surface area contributed by atoms with Gasteiger partial charge in [-0.15, -0.1) is 0 Å². The van der Waals surface area contributed by atoms with Crippen LogP contribution in [0.15, 0.2) is 22.6 Å². The van der Waals surface area contributed by atoms with Gasteiger partial charge < -0.3 is 4.42 Å². The molecular weight excluding hydrogens is 368 g/mol. The molecule has 2 aromatic rings. The molecule has 2 rings (SSSR count). The number of para-hydroxylation sites is 1. The molecule has 11 heavy (non-hydrogen) atoms. The number of hydrogen-bond donors (Lipinski definition) is 0. The molecule has 0 unspecified atom stereocenters. The SMILES string of the molecule is Ic1nc2c(I)cccc2o1. The summed E-state index contributed by atoms with van der Waals surface area (Å²) in [6.45, 7) is 0. The summed E-state index contributed by atoms with van der Waals surface area (Å²) in [5, 5.41) is 0. The van der Waals surface area contributed by atoms with Crippen molar-refractivity contribution in [1.29, 1.82) is 0 Å². The highest BCUT2D eigenvalue weighted by atomic mass is 127. The first-order valence-corrected chi connectivity index (χ1v) is 5.13. The average Bonchev–Trinajstić information content (AvgIpc) is 2.31. The van der Waals surface area contributed by atoms with Crippen molar-refractivity contribution in [3.8, 4) is 0 Å². The Morgan fingerprint density at radius 2 is 2.09 bits per heavy atom. The van der Waals surface area contributed by atoms with Crippen molar-refractivity contribution < 1.29 is 4.42 Å². The second-order valence-corrected chi connectivity index (χ2v) is 4.14. The predicted molar refractivity (Wildman–Crippen MR) is 59.4 cm³/mol. The van der Waals surface area contributed by atoms with E-state index < -0.39 is 0 Å². The molecule has 0 saturated heterocycles. The van der Waals surface area contributed by atoms with Crippen molar-refractivity contribution in [2.45, 2.75) is 0 Å². The summed E-state index contributed by atoms with van der Waals surface area (Å²) in [5.41, 5.74) is 1.82. The van der Waals surface area contributed by atoms with Gasteiger partial charge in [0, 0.05) is 26.2 Å². The molecule has 0 amide bonds. The molecule has 0 aliphatic rings. The van der Waals surface area contributed by atoms with E-state index in [9.17, 15) is 0 Å². The molecule has 0 aliphatic carbocycles. The maximum atomic E-state index is 5.32. The largest absolute Gasteiger partial charge is 0.432 e. The minimum Gasteiger partial charge on any atom is -0.432 e. The summed E-state index contributed by atoms with van der Waals surface area (Å²) < 4.78 is 7.15. The Morgan fingerprint density at radius 3 is 2.82 bits per heavy atom. The number of hydrogen-bond acceptors (Lipinski definition) is 2. The Kier molecular flexibility index (Phi) is 2.04. The van der Waals surface area contributed by atoms with Crippen LogP contribution in [0.3, 0.4) is 0 Å². The lowest BCUT2D eigenvalue weighted by Crippen LogP contribution is -1.73. The van der Waals surface area contributed by atoms with Crippen molar-refractivity contribution in [2.75, 3.05) is 0 Å². The maximum absolute atomic E-state index is 5.32. The van der Waals surface area contributed by atoms with Crippen LogP contribution in [0, 0.1) is 7.47 Å². The fourth-order valence-corrected chi connectivity index (χ4v) is 1.96. The number of rotatable bonds is 0. The Hall–Kier alpha value is 0.150. The van der Waals surface area contributed by atoms with Crippen LogP contribution in [-0.2, 0) is 0 Å².